The Hall–Kier alpha value is -0.870. The smallest absolute Gasteiger partial charge is 0.126 e. The third kappa shape index (κ3) is 3.04. The van der Waals surface area contributed by atoms with Crippen LogP contribution in [0.15, 0.2) is 39.5 Å². The summed E-state index contributed by atoms with van der Waals surface area (Å²) in [5.74, 6) is -0.239. The van der Waals surface area contributed by atoms with Crippen LogP contribution in [0.2, 0.25) is 0 Å². The lowest BCUT2D eigenvalue weighted by Crippen LogP contribution is -1.98. The van der Waals surface area contributed by atoms with Gasteiger partial charge in [0.05, 0.1) is 0 Å². The van der Waals surface area contributed by atoms with Crippen LogP contribution in [0, 0.1) is 5.82 Å². The third-order valence-electron chi connectivity index (χ3n) is 1.94. The summed E-state index contributed by atoms with van der Waals surface area (Å²) in [5.41, 5.74) is 1.99. The molecule has 0 saturated carbocycles. The van der Waals surface area contributed by atoms with Crippen LogP contribution < -0.4 is 5.32 Å². The van der Waals surface area contributed by atoms with Crippen LogP contribution >= 0.6 is 27.3 Å². The van der Waals surface area contributed by atoms with E-state index in [0.717, 1.165) is 16.7 Å². The molecule has 1 N–H and O–H groups in total. The number of thiophene rings is 1. The Kier molecular flexibility index (Phi) is 3.38. The molecule has 0 saturated heterocycles. The molecule has 4 heteroatoms. The van der Waals surface area contributed by atoms with E-state index >= 15 is 0 Å². The van der Waals surface area contributed by atoms with Gasteiger partial charge in [-0.1, -0.05) is 15.9 Å². The molecular weight excluding hydrogens is 277 g/mol. The molecule has 0 amide bonds. The van der Waals surface area contributed by atoms with Crippen molar-refractivity contribution in [3.05, 3.63) is 50.9 Å². The van der Waals surface area contributed by atoms with Crippen molar-refractivity contribution in [2.45, 2.75) is 6.54 Å². The maximum atomic E-state index is 13.0. The summed E-state index contributed by atoms with van der Waals surface area (Å²) in [4.78, 5) is 0. The van der Waals surface area contributed by atoms with E-state index in [-0.39, 0.29) is 5.82 Å². The molecule has 0 aliphatic heterocycles. The molecule has 0 fully saturated rings. The summed E-state index contributed by atoms with van der Waals surface area (Å²) in [6.45, 7) is 0.722. The Balaban J connectivity index is 2.05. The molecule has 0 aliphatic carbocycles. The first-order valence-electron chi connectivity index (χ1n) is 4.45. The van der Waals surface area contributed by atoms with E-state index in [2.05, 4.69) is 26.6 Å². The van der Waals surface area contributed by atoms with E-state index in [1.54, 1.807) is 11.3 Å². The monoisotopic (exact) mass is 285 g/mol. The third-order valence-corrected chi connectivity index (χ3v) is 3.13. The number of anilines is 1. The fraction of sp³-hybridized carbons (Fsp3) is 0.0909. The van der Waals surface area contributed by atoms with Gasteiger partial charge in [0.25, 0.3) is 0 Å². The van der Waals surface area contributed by atoms with E-state index < -0.39 is 0 Å². The number of benzene rings is 1. The van der Waals surface area contributed by atoms with E-state index in [1.165, 1.54) is 17.7 Å². The maximum Gasteiger partial charge on any atom is 0.126 e. The second kappa shape index (κ2) is 4.77. The first kappa shape index (κ1) is 10.6. The predicted molar refractivity (Wildman–Crippen MR) is 65.7 cm³/mol. The van der Waals surface area contributed by atoms with Gasteiger partial charge in [0.2, 0.25) is 0 Å². The summed E-state index contributed by atoms with van der Waals surface area (Å²) in [7, 11) is 0. The summed E-state index contributed by atoms with van der Waals surface area (Å²) in [6.07, 6.45) is 0. The number of hydrogen-bond donors (Lipinski definition) is 1. The van der Waals surface area contributed by atoms with Gasteiger partial charge >= 0.3 is 0 Å². The molecule has 2 rings (SSSR count). The average molecular weight is 286 g/mol. The summed E-state index contributed by atoms with van der Waals surface area (Å²) < 4.78 is 13.8. The van der Waals surface area contributed by atoms with Crippen LogP contribution in [0.3, 0.4) is 0 Å². The fourth-order valence-corrected chi connectivity index (χ4v) is 2.39. The van der Waals surface area contributed by atoms with Crippen molar-refractivity contribution in [2.24, 2.45) is 0 Å². The van der Waals surface area contributed by atoms with Crippen molar-refractivity contribution in [1.29, 1.82) is 0 Å². The summed E-state index contributed by atoms with van der Waals surface area (Å²) in [5, 5.41) is 7.26. The molecule has 0 radical (unpaired) electrons. The van der Waals surface area contributed by atoms with Crippen LogP contribution in [0.5, 0.6) is 0 Å². The van der Waals surface area contributed by atoms with Gasteiger partial charge in [0, 0.05) is 16.7 Å². The highest BCUT2D eigenvalue weighted by atomic mass is 79.9. The second-order valence-electron chi connectivity index (χ2n) is 3.14. The number of halogens is 2. The Labute approximate surface area is 100 Å². The molecule has 15 heavy (non-hydrogen) atoms. The van der Waals surface area contributed by atoms with Gasteiger partial charge in [-0.3, -0.25) is 0 Å². The van der Waals surface area contributed by atoms with Crippen molar-refractivity contribution in [3.8, 4) is 0 Å². The lowest BCUT2D eigenvalue weighted by molar-refractivity contribution is 0.627. The lowest BCUT2D eigenvalue weighted by atomic mass is 10.3. The first-order chi connectivity index (χ1) is 7.24. The SMILES string of the molecule is Fc1cc(Br)cc(NCc2ccsc2)c1. The highest BCUT2D eigenvalue weighted by Gasteiger charge is 1.99. The van der Waals surface area contributed by atoms with Crippen molar-refractivity contribution in [3.63, 3.8) is 0 Å². The molecule has 78 valence electrons. The van der Waals surface area contributed by atoms with Crippen LogP contribution in [-0.4, -0.2) is 0 Å². The van der Waals surface area contributed by atoms with E-state index in [4.69, 9.17) is 0 Å². The molecule has 1 nitrogen and oxygen atoms in total. The van der Waals surface area contributed by atoms with Crippen LogP contribution in [-0.2, 0) is 6.54 Å². The van der Waals surface area contributed by atoms with Gasteiger partial charge in [-0.05, 0) is 40.6 Å². The van der Waals surface area contributed by atoms with Crippen molar-refractivity contribution < 1.29 is 4.39 Å². The number of nitrogens with one attached hydrogen (secondary N) is 1. The van der Waals surface area contributed by atoms with E-state index in [1.807, 2.05) is 17.5 Å². The highest BCUT2D eigenvalue weighted by Crippen LogP contribution is 2.19. The Bertz CT molecular complexity index is 422. The number of rotatable bonds is 3. The zero-order chi connectivity index (χ0) is 10.7. The molecule has 0 atom stereocenters. The Morgan fingerprint density at radius 3 is 2.87 bits per heavy atom. The molecule has 1 heterocycles. The summed E-state index contributed by atoms with van der Waals surface area (Å²) >= 11 is 4.91. The molecule has 0 unspecified atom stereocenters. The maximum absolute atomic E-state index is 13.0. The predicted octanol–water partition coefficient (Wildman–Crippen LogP) is 4.26. The Morgan fingerprint density at radius 2 is 2.20 bits per heavy atom. The minimum atomic E-state index is -0.239. The van der Waals surface area contributed by atoms with Crippen LogP contribution in [0.4, 0.5) is 10.1 Å². The zero-order valence-electron chi connectivity index (χ0n) is 7.84. The first-order valence-corrected chi connectivity index (χ1v) is 6.19. The molecule has 1 aromatic carbocycles. The zero-order valence-corrected chi connectivity index (χ0v) is 10.2. The standard InChI is InChI=1S/C11H9BrFNS/c12-9-3-10(13)5-11(4-9)14-6-8-1-2-15-7-8/h1-5,7,14H,6H2. The van der Waals surface area contributed by atoms with Crippen LogP contribution in [0.25, 0.3) is 0 Å². The normalized spacial score (nSPS) is 10.3. The van der Waals surface area contributed by atoms with Crippen molar-refractivity contribution in [2.75, 3.05) is 5.32 Å². The second-order valence-corrected chi connectivity index (χ2v) is 4.84. The van der Waals surface area contributed by atoms with E-state index in [9.17, 15) is 4.39 Å². The van der Waals surface area contributed by atoms with Gasteiger partial charge in [0.1, 0.15) is 5.82 Å². The van der Waals surface area contributed by atoms with Gasteiger partial charge in [-0.15, -0.1) is 0 Å². The molecular formula is C11H9BrFNS. The van der Waals surface area contributed by atoms with Crippen molar-refractivity contribution >= 4 is 33.0 Å². The fourth-order valence-electron chi connectivity index (χ4n) is 1.25. The lowest BCUT2D eigenvalue weighted by Gasteiger charge is -2.05. The van der Waals surface area contributed by atoms with Crippen molar-refractivity contribution in [1.82, 2.24) is 0 Å². The van der Waals surface area contributed by atoms with Gasteiger partial charge < -0.3 is 5.32 Å². The minimum absolute atomic E-state index is 0.239. The largest absolute Gasteiger partial charge is 0.381 e. The number of hydrogen-bond acceptors (Lipinski definition) is 2. The van der Waals surface area contributed by atoms with E-state index in [0.29, 0.717) is 0 Å². The molecule has 0 bridgehead atoms. The van der Waals surface area contributed by atoms with Gasteiger partial charge in [0.15, 0.2) is 0 Å². The Morgan fingerprint density at radius 1 is 1.33 bits per heavy atom. The topological polar surface area (TPSA) is 12.0 Å². The molecule has 0 spiro atoms. The quantitative estimate of drug-likeness (QED) is 0.888. The summed E-state index contributed by atoms with van der Waals surface area (Å²) in [6, 6.07) is 6.83. The minimum Gasteiger partial charge on any atom is -0.381 e. The van der Waals surface area contributed by atoms with Gasteiger partial charge in [-0.25, -0.2) is 4.39 Å². The van der Waals surface area contributed by atoms with Crippen LogP contribution in [0.1, 0.15) is 5.56 Å². The molecule has 2 aromatic rings. The highest BCUT2D eigenvalue weighted by molar-refractivity contribution is 9.10. The average Bonchev–Trinajstić information content (AvgIpc) is 2.65. The molecule has 0 aliphatic rings. The molecule has 1 aromatic heterocycles. The van der Waals surface area contributed by atoms with Gasteiger partial charge in [-0.2, -0.15) is 11.3 Å².